The number of aliphatic hydroxyl groups is 1. The zero-order valence-electron chi connectivity index (χ0n) is 11.5. The van der Waals surface area contributed by atoms with Crippen molar-refractivity contribution >= 4 is 0 Å². The predicted octanol–water partition coefficient (Wildman–Crippen LogP) is 4.05. The minimum atomic E-state index is 0.160. The SMILES string of the molecule is Cc1cc(C(C)(C)C)cc(CO)c1C1CCC1. The first-order valence-corrected chi connectivity index (χ1v) is 6.68. The molecule has 1 saturated carbocycles. The second kappa shape index (κ2) is 4.45. The van der Waals surface area contributed by atoms with Crippen LogP contribution in [0.15, 0.2) is 12.1 Å². The molecular formula is C16H24O. The summed E-state index contributed by atoms with van der Waals surface area (Å²) in [6.45, 7) is 9.06. The second-order valence-corrected chi connectivity index (χ2v) is 6.40. The first-order valence-electron chi connectivity index (χ1n) is 6.68. The van der Waals surface area contributed by atoms with Crippen LogP contribution in [0.5, 0.6) is 0 Å². The van der Waals surface area contributed by atoms with E-state index in [1.165, 1.54) is 36.0 Å². The molecule has 0 saturated heterocycles. The Kier molecular flexibility index (Phi) is 3.31. The van der Waals surface area contributed by atoms with Gasteiger partial charge in [0, 0.05) is 0 Å². The van der Waals surface area contributed by atoms with Crippen molar-refractivity contribution in [1.82, 2.24) is 0 Å². The minimum Gasteiger partial charge on any atom is -0.392 e. The van der Waals surface area contributed by atoms with E-state index in [4.69, 9.17) is 0 Å². The van der Waals surface area contributed by atoms with Gasteiger partial charge in [-0.15, -0.1) is 0 Å². The zero-order valence-corrected chi connectivity index (χ0v) is 11.5. The normalized spacial score (nSPS) is 17.0. The predicted molar refractivity (Wildman–Crippen MR) is 72.4 cm³/mol. The lowest BCUT2D eigenvalue weighted by Crippen LogP contribution is -2.17. The summed E-state index contributed by atoms with van der Waals surface area (Å²) in [5.41, 5.74) is 5.44. The van der Waals surface area contributed by atoms with E-state index in [2.05, 4.69) is 39.8 Å². The molecule has 1 fully saturated rings. The summed E-state index contributed by atoms with van der Waals surface area (Å²) in [6.07, 6.45) is 3.93. The Labute approximate surface area is 105 Å². The molecule has 17 heavy (non-hydrogen) atoms. The van der Waals surface area contributed by atoms with Crippen molar-refractivity contribution in [1.29, 1.82) is 0 Å². The van der Waals surface area contributed by atoms with Crippen LogP contribution in [-0.4, -0.2) is 5.11 Å². The smallest absolute Gasteiger partial charge is 0.0684 e. The number of hydrogen-bond acceptors (Lipinski definition) is 1. The maximum absolute atomic E-state index is 9.60. The molecule has 0 amide bonds. The number of benzene rings is 1. The summed E-state index contributed by atoms with van der Waals surface area (Å²) < 4.78 is 0. The average molecular weight is 232 g/mol. The Morgan fingerprint density at radius 1 is 1.24 bits per heavy atom. The topological polar surface area (TPSA) is 20.2 Å². The van der Waals surface area contributed by atoms with Gasteiger partial charge in [-0.3, -0.25) is 0 Å². The molecule has 0 bridgehead atoms. The third-order valence-corrected chi connectivity index (χ3v) is 4.02. The minimum absolute atomic E-state index is 0.160. The fourth-order valence-corrected chi connectivity index (χ4v) is 2.72. The third-order valence-electron chi connectivity index (χ3n) is 4.02. The Morgan fingerprint density at radius 2 is 1.88 bits per heavy atom. The van der Waals surface area contributed by atoms with Gasteiger partial charge < -0.3 is 5.11 Å². The van der Waals surface area contributed by atoms with Crippen LogP contribution >= 0.6 is 0 Å². The maximum Gasteiger partial charge on any atom is 0.0684 e. The van der Waals surface area contributed by atoms with Gasteiger partial charge in [-0.2, -0.15) is 0 Å². The molecule has 1 aromatic rings. The number of rotatable bonds is 2. The van der Waals surface area contributed by atoms with E-state index in [1.807, 2.05) is 0 Å². The van der Waals surface area contributed by atoms with Crippen molar-refractivity contribution in [3.05, 3.63) is 34.4 Å². The van der Waals surface area contributed by atoms with Crippen LogP contribution in [0.2, 0.25) is 0 Å². The summed E-state index contributed by atoms with van der Waals surface area (Å²) in [6, 6.07) is 4.52. The van der Waals surface area contributed by atoms with E-state index < -0.39 is 0 Å². The number of aryl methyl sites for hydroxylation is 1. The molecule has 0 heterocycles. The molecule has 1 heteroatoms. The van der Waals surface area contributed by atoms with Crippen LogP contribution in [0.4, 0.5) is 0 Å². The molecule has 1 nitrogen and oxygen atoms in total. The van der Waals surface area contributed by atoms with Crippen molar-refractivity contribution in [3.8, 4) is 0 Å². The van der Waals surface area contributed by atoms with Gasteiger partial charge in [-0.25, -0.2) is 0 Å². The zero-order chi connectivity index (χ0) is 12.6. The molecule has 0 aliphatic heterocycles. The summed E-state index contributed by atoms with van der Waals surface area (Å²) in [4.78, 5) is 0. The molecule has 1 aliphatic carbocycles. The Hall–Kier alpha value is -0.820. The molecule has 0 radical (unpaired) electrons. The van der Waals surface area contributed by atoms with E-state index >= 15 is 0 Å². The summed E-state index contributed by atoms with van der Waals surface area (Å²) >= 11 is 0. The largest absolute Gasteiger partial charge is 0.392 e. The summed E-state index contributed by atoms with van der Waals surface area (Å²) in [5, 5.41) is 9.60. The van der Waals surface area contributed by atoms with E-state index in [0.29, 0.717) is 5.92 Å². The highest BCUT2D eigenvalue weighted by Crippen LogP contribution is 2.41. The highest BCUT2D eigenvalue weighted by Gasteiger charge is 2.25. The van der Waals surface area contributed by atoms with E-state index in [-0.39, 0.29) is 12.0 Å². The Morgan fingerprint density at radius 3 is 2.29 bits per heavy atom. The lowest BCUT2D eigenvalue weighted by molar-refractivity contribution is 0.277. The highest BCUT2D eigenvalue weighted by atomic mass is 16.3. The van der Waals surface area contributed by atoms with Gasteiger partial charge in [0.15, 0.2) is 0 Å². The van der Waals surface area contributed by atoms with Gasteiger partial charge in [0.1, 0.15) is 0 Å². The summed E-state index contributed by atoms with van der Waals surface area (Å²) in [7, 11) is 0. The third kappa shape index (κ3) is 2.40. The van der Waals surface area contributed by atoms with Gasteiger partial charge in [-0.1, -0.05) is 39.3 Å². The van der Waals surface area contributed by atoms with E-state index in [9.17, 15) is 5.11 Å². The van der Waals surface area contributed by atoms with Gasteiger partial charge in [0.25, 0.3) is 0 Å². The molecule has 0 atom stereocenters. The first kappa shape index (κ1) is 12.6. The maximum atomic E-state index is 9.60. The van der Waals surface area contributed by atoms with Crippen LogP contribution < -0.4 is 0 Å². The van der Waals surface area contributed by atoms with Crippen molar-refractivity contribution in [2.75, 3.05) is 0 Å². The Balaban J connectivity index is 2.47. The van der Waals surface area contributed by atoms with Crippen molar-refractivity contribution in [3.63, 3.8) is 0 Å². The molecule has 0 spiro atoms. The standard InChI is InChI=1S/C16H24O/c1-11-8-14(16(2,3)4)9-13(10-17)15(11)12-6-5-7-12/h8-9,12,17H,5-7,10H2,1-4H3. The lowest BCUT2D eigenvalue weighted by Gasteiger charge is -2.31. The molecule has 94 valence electrons. The van der Waals surface area contributed by atoms with Crippen LogP contribution in [-0.2, 0) is 12.0 Å². The molecule has 0 aromatic heterocycles. The van der Waals surface area contributed by atoms with E-state index in [1.54, 1.807) is 0 Å². The quantitative estimate of drug-likeness (QED) is 0.815. The molecule has 0 unspecified atom stereocenters. The molecule has 1 aliphatic rings. The van der Waals surface area contributed by atoms with Gasteiger partial charge in [-0.05, 0) is 53.4 Å². The fourth-order valence-electron chi connectivity index (χ4n) is 2.72. The molecular weight excluding hydrogens is 208 g/mol. The van der Waals surface area contributed by atoms with Gasteiger partial charge >= 0.3 is 0 Å². The second-order valence-electron chi connectivity index (χ2n) is 6.40. The molecule has 1 N–H and O–H groups in total. The van der Waals surface area contributed by atoms with Gasteiger partial charge in [0.05, 0.1) is 6.61 Å². The van der Waals surface area contributed by atoms with Crippen LogP contribution in [0.25, 0.3) is 0 Å². The highest BCUT2D eigenvalue weighted by molar-refractivity contribution is 5.43. The van der Waals surface area contributed by atoms with Gasteiger partial charge in [0.2, 0.25) is 0 Å². The van der Waals surface area contributed by atoms with Crippen molar-refractivity contribution in [2.45, 2.75) is 64.9 Å². The number of aliphatic hydroxyl groups excluding tert-OH is 1. The fraction of sp³-hybridized carbons (Fsp3) is 0.625. The number of hydrogen-bond donors (Lipinski definition) is 1. The van der Waals surface area contributed by atoms with Crippen LogP contribution in [0.3, 0.4) is 0 Å². The van der Waals surface area contributed by atoms with Crippen LogP contribution in [0, 0.1) is 6.92 Å². The molecule has 2 rings (SSSR count). The van der Waals surface area contributed by atoms with E-state index in [0.717, 1.165) is 5.56 Å². The Bertz CT molecular complexity index is 408. The summed E-state index contributed by atoms with van der Waals surface area (Å²) in [5.74, 6) is 0.700. The first-order chi connectivity index (χ1) is 7.93. The van der Waals surface area contributed by atoms with Crippen molar-refractivity contribution in [2.24, 2.45) is 0 Å². The average Bonchev–Trinajstić information content (AvgIpc) is 2.16. The monoisotopic (exact) mass is 232 g/mol. The lowest BCUT2D eigenvalue weighted by atomic mass is 9.74. The van der Waals surface area contributed by atoms with Crippen molar-refractivity contribution < 1.29 is 5.11 Å². The molecule has 1 aromatic carbocycles. The van der Waals surface area contributed by atoms with Crippen LogP contribution in [0.1, 0.15) is 68.2 Å².